The number of anilines is 1. The first-order valence-corrected chi connectivity index (χ1v) is 13.1. The summed E-state index contributed by atoms with van der Waals surface area (Å²) in [4.78, 5) is 42.9. The Balaban J connectivity index is 1.52. The molecular formula is C25H22N4O4S. The Bertz CT molecular complexity index is 1690. The zero-order chi connectivity index (χ0) is 23.6. The summed E-state index contributed by atoms with van der Waals surface area (Å²) in [5, 5.41) is 1.21. The first-order chi connectivity index (χ1) is 16.4. The van der Waals surface area contributed by atoms with Crippen LogP contribution in [-0.4, -0.2) is 37.1 Å². The Morgan fingerprint density at radius 3 is 2.41 bits per heavy atom. The van der Waals surface area contributed by atoms with E-state index in [0.717, 1.165) is 24.2 Å². The molecule has 2 amide bonds. The highest BCUT2D eigenvalue weighted by Crippen LogP contribution is 2.38. The summed E-state index contributed by atoms with van der Waals surface area (Å²) in [6.07, 6.45) is 2.86. The molecule has 2 aliphatic heterocycles. The van der Waals surface area contributed by atoms with E-state index in [1.807, 2.05) is 6.07 Å². The molecule has 0 unspecified atom stereocenters. The number of aromatic nitrogens is 2. The van der Waals surface area contributed by atoms with Crippen LogP contribution in [0, 0.1) is 0 Å². The molecule has 0 bridgehead atoms. The van der Waals surface area contributed by atoms with E-state index in [2.05, 4.69) is 9.35 Å². The largest absolute Gasteiger partial charge is 0.326 e. The van der Waals surface area contributed by atoms with Crippen LogP contribution in [0.1, 0.15) is 40.0 Å². The molecule has 172 valence electrons. The lowest BCUT2D eigenvalue weighted by Crippen LogP contribution is -2.40. The number of aryl methyl sites for hydroxylation is 1. The molecule has 6 rings (SSSR count). The molecule has 3 aromatic carbocycles. The number of hydrogen-bond acceptors (Lipinski definition) is 5. The van der Waals surface area contributed by atoms with E-state index < -0.39 is 21.5 Å². The first kappa shape index (κ1) is 20.9. The molecule has 1 N–H and O–H groups in total. The third-order valence-electron chi connectivity index (χ3n) is 6.72. The van der Waals surface area contributed by atoms with Crippen molar-refractivity contribution >= 4 is 54.7 Å². The van der Waals surface area contributed by atoms with Crippen molar-refractivity contribution in [1.82, 2.24) is 9.55 Å². The van der Waals surface area contributed by atoms with Gasteiger partial charge in [-0.15, -0.1) is 0 Å². The number of carbonyl (C=O) groups excluding carboxylic acids is 2. The van der Waals surface area contributed by atoms with Crippen LogP contribution >= 0.6 is 0 Å². The van der Waals surface area contributed by atoms with Crippen molar-refractivity contribution in [2.24, 2.45) is 11.4 Å². The van der Waals surface area contributed by atoms with Gasteiger partial charge in [0.1, 0.15) is 0 Å². The maximum atomic E-state index is 13.5. The minimum Gasteiger partial charge on any atom is -0.306 e. The highest BCUT2D eigenvalue weighted by Gasteiger charge is 2.35. The summed E-state index contributed by atoms with van der Waals surface area (Å²) in [5.41, 5.74) is 2.68. The number of imidazole rings is 1. The summed E-state index contributed by atoms with van der Waals surface area (Å²) >= 11 is 0. The van der Waals surface area contributed by atoms with E-state index in [0.29, 0.717) is 55.8 Å². The number of benzene rings is 3. The number of amides is 2. The fourth-order valence-corrected chi connectivity index (χ4v) is 7.17. The first-order valence-electron chi connectivity index (χ1n) is 11.2. The Labute approximate surface area is 195 Å². The van der Waals surface area contributed by atoms with E-state index in [-0.39, 0.29) is 5.69 Å². The van der Waals surface area contributed by atoms with Crippen LogP contribution in [0.25, 0.3) is 21.8 Å². The molecule has 1 saturated heterocycles. The highest BCUT2D eigenvalue weighted by molar-refractivity contribution is 7.93. The summed E-state index contributed by atoms with van der Waals surface area (Å²) in [6, 6.07) is 13.7. The van der Waals surface area contributed by atoms with E-state index >= 15 is 0 Å². The van der Waals surface area contributed by atoms with Crippen molar-refractivity contribution in [2.45, 2.75) is 19.3 Å². The molecule has 0 aliphatic carbocycles. The zero-order valence-electron chi connectivity index (χ0n) is 18.5. The number of imide groups is 1. The summed E-state index contributed by atoms with van der Waals surface area (Å²) < 4.78 is 19.3. The van der Waals surface area contributed by atoms with Gasteiger partial charge < -0.3 is 4.98 Å². The zero-order valence-corrected chi connectivity index (χ0v) is 19.4. The fourth-order valence-electron chi connectivity index (χ4n) is 4.95. The highest BCUT2D eigenvalue weighted by atomic mass is 32.2. The second-order valence-corrected chi connectivity index (χ2v) is 11.4. The molecule has 0 radical (unpaired) electrons. The van der Waals surface area contributed by atoms with Crippen molar-refractivity contribution in [2.75, 3.05) is 16.4 Å². The third-order valence-corrected chi connectivity index (χ3v) is 9.11. The van der Waals surface area contributed by atoms with Gasteiger partial charge in [0.05, 0.1) is 32.1 Å². The number of rotatable bonds is 2. The molecule has 2 aliphatic rings. The van der Waals surface area contributed by atoms with Crippen LogP contribution in [0.3, 0.4) is 0 Å². The van der Waals surface area contributed by atoms with Gasteiger partial charge in [-0.05, 0) is 49.2 Å². The Hall–Kier alpha value is -3.72. The third kappa shape index (κ3) is 3.03. The lowest BCUT2D eigenvalue weighted by Gasteiger charge is -2.27. The number of nitrogens with zero attached hydrogens (tertiary/aromatic N) is 3. The van der Waals surface area contributed by atoms with Gasteiger partial charge in [0.15, 0.2) is 0 Å². The van der Waals surface area contributed by atoms with Gasteiger partial charge in [-0.1, -0.05) is 18.6 Å². The molecule has 9 heteroatoms. The van der Waals surface area contributed by atoms with Crippen LogP contribution < -0.4 is 10.6 Å². The minimum absolute atomic E-state index is 0.272. The van der Waals surface area contributed by atoms with Gasteiger partial charge in [-0.3, -0.25) is 14.2 Å². The summed E-state index contributed by atoms with van der Waals surface area (Å²) in [5.74, 6) is 0.265. The molecule has 3 heterocycles. The van der Waals surface area contributed by atoms with Gasteiger partial charge in [0, 0.05) is 40.5 Å². The normalized spacial score (nSPS) is 17.5. The predicted octanol–water partition coefficient (Wildman–Crippen LogP) is 4.10. The molecule has 1 fully saturated rings. The van der Waals surface area contributed by atoms with Gasteiger partial charge in [0.25, 0.3) is 11.8 Å². The van der Waals surface area contributed by atoms with Crippen molar-refractivity contribution in [1.29, 1.82) is 0 Å². The number of aromatic amines is 1. The van der Waals surface area contributed by atoms with Crippen LogP contribution in [0.5, 0.6) is 0 Å². The Morgan fingerprint density at radius 1 is 0.912 bits per heavy atom. The standard InChI is InChI=1S/C25H22N4O4S/c1-28-21-14-15(8-10-20(21)26-25(28)32)29-23(30)17-7-5-6-16-19(11-9-18(22(16)17)24(29)31)27-34(33)12-3-2-4-13-34/h5-11,14H,2-4,12-13H2,1H3,(H,26,32). The smallest absolute Gasteiger partial charge is 0.306 e. The molecule has 1 aromatic heterocycles. The monoisotopic (exact) mass is 474 g/mol. The second kappa shape index (κ2) is 7.39. The number of carbonyl (C=O) groups is 2. The van der Waals surface area contributed by atoms with E-state index in [4.69, 9.17) is 0 Å². The average Bonchev–Trinajstić information content (AvgIpc) is 3.11. The topological polar surface area (TPSA) is 105 Å². The van der Waals surface area contributed by atoms with Gasteiger partial charge in [-0.2, -0.15) is 4.36 Å². The van der Waals surface area contributed by atoms with Crippen molar-refractivity contribution < 1.29 is 13.8 Å². The van der Waals surface area contributed by atoms with Gasteiger partial charge in [-0.25, -0.2) is 13.9 Å². The number of fused-ring (bicyclic) bond motifs is 1. The molecule has 8 nitrogen and oxygen atoms in total. The lowest BCUT2D eigenvalue weighted by atomic mass is 9.93. The summed E-state index contributed by atoms with van der Waals surface area (Å²) in [7, 11) is -0.711. The maximum Gasteiger partial charge on any atom is 0.326 e. The lowest BCUT2D eigenvalue weighted by molar-refractivity contribution is 0.0893. The Morgan fingerprint density at radius 2 is 1.65 bits per heavy atom. The Kier molecular flexibility index (Phi) is 4.54. The molecule has 0 atom stereocenters. The molecular weight excluding hydrogens is 452 g/mol. The summed E-state index contributed by atoms with van der Waals surface area (Å²) in [6.45, 7) is 0. The van der Waals surface area contributed by atoms with Crippen LogP contribution in [0.2, 0.25) is 0 Å². The van der Waals surface area contributed by atoms with E-state index in [9.17, 15) is 18.6 Å². The second-order valence-electron chi connectivity index (χ2n) is 8.83. The molecule has 0 saturated carbocycles. The number of nitrogens with one attached hydrogen (secondary N) is 1. The van der Waals surface area contributed by atoms with Crippen LogP contribution in [0.4, 0.5) is 11.4 Å². The van der Waals surface area contributed by atoms with Gasteiger partial charge in [0.2, 0.25) is 0 Å². The van der Waals surface area contributed by atoms with Crippen molar-refractivity contribution in [3.63, 3.8) is 0 Å². The SMILES string of the molecule is Cn1c(=O)[nH]c2ccc(N3C(=O)c4cccc5c(N=S6(=O)CCCCC6)ccc(c45)C3=O)cc21. The average molecular weight is 475 g/mol. The number of H-pyrrole nitrogens is 1. The van der Waals surface area contributed by atoms with Crippen molar-refractivity contribution in [3.8, 4) is 0 Å². The van der Waals surface area contributed by atoms with Gasteiger partial charge >= 0.3 is 5.69 Å². The molecule has 0 spiro atoms. The van der Waals surface area contributed by atoms with Crippen LogP contribution in [0.15, 0.2) is 57.7 Å². The van der Waals surface area contributed by atoms with E-state index in [1.54, 1.807) is 49.5 Å². The molecule has 34 heavy (non-hydrogen) atoms. The van der Waals surface area contributed by atoms with Crippen molar-refractivity contribution in [3.05, 3.63) is 70.1 Å². The quantitative estimate of drug-likeness (QED) is 0.442. The molecule has 4 aromatic rings. The van der Waals surface area contributed by atoms with Crippen LogP contribution in [-0.2, 0) is 16.8 Å². The number of hydrogen-bond donors (Lipinski definition) is 1. The minimum atomic E-state index is -2.34. The van der Waals surface area contributed by atoms with E-state index in [1.165, 1.54) is 4.57 Å². The maximum absolute atomic E-state index is 13.5. The fraction of sp³-hybridized carbons (Fsp3) is 0.240. The predicted molar refractivity (Wildman–Crippen MR) is 132 cm³/mol.